The highest BCUT2D eigenvalue weighted by Gasteiger charge is 2.46. The number of hydrogen-bond donors (Lipinski definition) is 0. The third kappa shape index (κ3) is 2.91. The van der Waals surface area contributed by atoms with Crippen molar-refractivity contribution in [3.05, 3.63) is 29.6 Å². The zero-order chi connectivity index (χ0) is 16.1. The van der Waals surface area contributed by atoms with E-state index in [1.165, 1.54) is 16.4 Å². The highest BCUT2D eigenvalue weighted by Crippen LogP contribution is 2.37. The van der Waals surface area contributed by atoms with Crippen LogP contribution >= 0.6 is 0 Å². The summed E-state index contributed by atoms with van der Waals surface area (Å²) in [6, 6.07) is 2.93. The zero-order valence-electron chi connectivity index (χ0n) is 12.2. The van der Waals surface area contributed by atoms with Crippen molar-refractivity contribution in [3.8, 4) is 0 Å². The molecular weight excluding hydrogens is 329 g/mol. The Labute approximate surface area is 130 Å². The summed E-state index contributed by atoms with van der Waals surface area (Å²) >= 11 is 0. The van der Waals surface area contributed by atoms with E-state index in [1.54, 1.807) is 6.92 Å². The molecule has 1 saturated carbocycles. The van der Waals surface area contributed by atoms with Crippen LogP contribution in [0.15, 0.2) is 23.1 Å². The summed E-state index contributed by atoms with van der Waals surface area (Å²) in [5.41, 5.74) is 0.339. The van der Waals surface area contributed by atoms with E-state index < -0.39 is 31.7 Å². The van der Waals surface area contributed by atoms with E-state index in [0.29, 0.717) is 12.0 Å². The van der Waals surface area contributed by atoms with Gasteiger partial charge in [0.25, 0.3) is 0 Å². The second-order valence-corrected chi connectivity index (χ2v) is 10.1. The third-order valence-corrected chi connectivity index (χ3v) is 8.08. The quantitative estimate of drug-likeness (QED) is 0.827. The van der Waals surface area contributed by atoms with Crippen LogP contribution < -0.4 is 0 Å². The number of nitrogens with zero attached hydrogens (tertiary/aromatic N) is 1. The highest BCUT2D eigenvalue weighted by molar-refractivity contribution is 7.92. The first kappa shape index (κ1) is 15.9. The van der Waals surface area contributed by atoms with Gasteiger partial charge in [0.1, 0.15) is 5.82 Å². The lowest BCUT2D eigenvalue weighted by Gasteiger charge is -2.28. The molecule has 1 atom stereocenters. The van der Waals surface area contributed by atoms with E-state index >= 15 is 0 Å². The van der Waals surface area contributed by atoms with Crippen molar-refractivity contribution >= 4 is 19.9 Å². The van der Waals surface area contributed by atoms with E-state index in [2.05, 4.69) is 0 Å². The van der Waals surface area contributed by atoms with Crippen molar-refractivity contribution < 1.29 is 21.2 Å². The molecule has 1 aromatic rings. The Bertz CT molecular complexity index is 800. The van der Waals surface area contributed by atoms with E-state index in [1.807, 2.05) is 0 Å². The standard InChI is InChI=1S/C14H18FNO4S2/c1-10-8-11(15)2-5-14(10)22(19,20)16(12-3-4-12)13-6-7-21(17,18)9-13/h2,5,8,12-13H,3-4,6-7,9H2,1H3/t13-/m0/s1. The van der Waals surface area contributed by atoms with Gasteiger partial charge in [0, 0.05) is 12.1 Å². The van der Waals surface area contributed by atoms with Crippen molar-refractivity contribution in [2.24, 2.45) is 0 Å². The smallest absolute Gasteiger partial charge is 0.229 e. The van der Waals surface area contributed by atoms with Crippen molar-refractivity contribution in [2.45, 2.75) is 43.2 Å². The monoisotopic (exact) mass is 347 g/mol. The van der Waals surface area contributed by atoms with Gasteiger partial charge in [0.15, 0.2) is 9.84 Å². The Morgan fingerprint density at radius 2 is 1.86 bits per heavy atom. The first-order valence-corrected chi connectivity index (χ1v) is 10.5. The minimum absolute atomic E-state index is 0.0266. The number of rotatable bonds is 4. The lowest BCUT2D eigenvalue weighted by molar-refractivity contribution is 0.332. The highest BCUT2D eigenvalue weighted by atomic mass is 32.2. The molecule has 0 unspecified atom stereocenters. The summed E-state index contributed by atoms with van der Waals surface area (Å²) in [6.45, 7) is 1.55. The summed E-state index contributed by atoms with van der Waals surface area (Å²) < 4.78 is 63.9. The van der Waals surface area contributed by atoms with Gasteiger partial charge in [-0.15, -0.1) is 0 Å². The normalized spacial score (nSPS) is 24.8. The van der Waals surface area contributed by atoms with Crippen molar-refractivity contribution in [1.29, 1.82) is 0 Å². The average molecular weight is 347 g/mol. The second kappa shape index (κ2) is 5.28. The third-order valence-electron chi connectivity index (χ3n) is 4.17. The Morgan fingerprint density at radius 3 is 2.36 bits per heavy atom. The molecule has 22 heavy (non-hydrogen) atoms. The minimum Gasteiger partial charge on any atom is -0.229 e. The maximum atomic E-state index is 13.2. The molecule has 1 heterocycles. The van der Waals surface area contributed by atoms with Gasteiger partial charge < -0.3 is 0 Å². The number of benzene rings is 1. The Morgan fingerprint density at radius 1 is 1.18 bits per heavy atom. The van der Waals surface area contributed by atoms with Gasteiger partial charge in [-0.1, -0.05) is 0 Å². The molecule has 0 aromatic heterocycles. The van der Waals surface area contributed by atoms with Gasteiger partial charge in [0.2, 0.25) is 10.0 Å². The predicted octanol–water partition coefficient (Wildman–Crippen LogP) is 1.47. The maximum absolute atomic E-state index is 13.2. The Hall–Kier alpha value is -0.990. The molecule has 122 valence electrons. The number of halogens is 1. The fourth-order valence-corrected chi connectivity index (χ4v) is 6.93. The summed E-state index contributed by atoms with van der Waals surface area (Å²) in [5.74, 6) is -0.584. The Kier molecular flexibility index (Phi) is 3.81. The van der Waals surface area contributed by atoms with E-state index in [9.17, 15) is 21.2 Å². The minimum atomic E-state index is -3.82. The van der Waals surface area contributed by atoms with Gasteiger partial charge in [0.05, 0.1) is 16.4 Å². The van der Waals surface area contributed by atoms with Crippen LogP contribution in [0.25, 0.3) is 0 Å². The zero-order valence-corrected chi connectivity index (χ0v) is 13.8. The van der Waals surface area contributed by atoms with Gasteiger partial charge in [-0.05, 0) is 49.9 Å². The van der Waals surface area contributed by atoms with Gasteiger partial charge >= 0.3 is 0 Å². The molecule has 1 saturated heterocycles. The van der Waals surface area contributed by atoms with Crippen LogP contribution in [0.5, 0.6) is 0 Å². The molecule has 5 nitrogen and oxygen atoms in total. The largest absolute Gasteiger partial charge is 0.243 e. The van der Waals surface area contributed by atoms with Crippen LogP contribution in [0.3, 0.4) is 0 Å². The fourth-order valence-electron chi connectivity index (χ4n) is 3.01. The molecule has 0 spiro atoms. The van der Waals surface area contributed by atoms with Gasteiger partial charge in [-0.3, -0.25) is 0 Å². The average Bonchev–Trinajstić information content (AvgIpc) is 3.13. The van der Waals surface area contributed by atoms with Crippen LogP contribution in [0.2, 0.25) is 0 Å². The van der Waals surface area contributed by atoms with Crippen molar-refractivity contribution in [1.82, 2.24) is 4.31 Å². The number of hydrogen-bond acceptors (Lipinski definition) is 4. The lowest BCUT2D eigenvalue weighted by atomic mass is 10.2. The van der Waals surface area contributed by atoms with E-state index in [-0.39, 0.29) is 22.4 Å². The summed E-state index contributed by atoms with van der Waals surface area (Å²) in [5, 5.41) is 0. The van der Waals surface area contributed by atoms with Crippen molar-refractivity contribution in [2.75, 3.05) is 11.5 Å². The summed E-state index contributed by atoms with van der Waals surface area (Å²) in [4.78, 5) is 0.0603. The molecule has 2 fully saturated rings. The van der Waals surface area contributed by atoms with Crippen LogP contribution in [0.1, 0.15) is 24.8 Å². The molecule has 1 aromatic carbocycles. The summed E-state index contributed by atoms with van der Waals surface area (Å²) in [7, 11) is -6.99. The van der Waals surface area contributed by atoms with Crippen LogP contribution in [-0.2, 0) is 19.9 Å². The van der Waals surface area contributed by atoms with E-state index in [0.717, 1.165) is 18.9 Å². The fraction of sp³-hybridized carbons (Fsp3) is 0.571. The SMILES string of the molecule is Cc1cc(F)ccc1S(=O)(=O)N(C1CC1)[C@H]1CCS(=O)(=O)C1. The number of aryl methyl sites for hydroxylation is 1. The molecule has 0 amide bonds. The number of sulfone groups is 1. The number of sulfonamides is 1. The lowest BCUT2D eigenvalue weighted by Crippen LogP contribution is -2.42. The second-order valence-electron chi connectivity index (χ2n) is 6.03. The van der Waals surface area contributed by atoms with Crippen LogP contribution in [0.4, 0.5) is 4.39 Å². The molecule has 8 heteroatoms. The van der Waals surface area contributed by atoms with E-state index in [4.69, 9.17) is 0 Å². The van der Waals surface area contributed by atoms with Gasteiger partial charge in [-0.25, -0.2) is 21.2 Å². The van der Waals surface area contributed by atoms with Gasteiger partial charge in [-0.2, -0.15) is 4.31 Å². The Balaban J connectivity index is 2.01. The van der Waals surface area contributed by atoms with Crippen LogP contribution in [0, 0.1) is 12.7 Å². The molecule has 2 aliphatic rings. The first-order valence-electron chi connectivity index (χ1n) is 7.21. The molecule has 1 aliphatic heterocycles. The molecule has 0 radical (unpaired) electrons. The molecule has 1 aliphatic carbocycles. The summed E-state index contributed by atoms with van der Waals surface area (Å²) in [6.07, 6.45) is 1.82. The predicted molar refractivity (Wildman–Crippen MR) is 80.2 cm³/mol. The molecule has 0 N–H and O–H groups in total. The molecular formula is C14H18FNO4S2. The first-order chi connectivity index (χ1) is 10.2. The maximum Gasteiger partial charge on any atom is 0.243 e. The van der Waals surface area contributed by atoms with Crippen molar-refractivity contribution in [3.63, 3.8) is 0 Å². The molecule has 0 bridgehead atoms. The topological polar surface area (TPSA) is 71.5 Å². The molecule has 3 rings (SSSR count). The van der Waals surface area contributed by atoms with Crippen LogP contribution in [-0.4, -0.2) is 44.7 Å².